The van der Waals surface area contributed by atoms with Gasteiger partial charge in [0.25, 0.3) is 0 Å². The zero-order chi connectivity index (χ0) is 13.3. The van der Waals surface area contributed by atoms with Crippen molar-refractivity contribution >= 4 is 0 Å². The van der Waals surface area contributed by atoms with Crippen molar-refractivity contribution in [2.75, 3.05) is 0 Å². The first-order valence-electron chi connectivity index (χ1n) is 6.08. The maximum absolute atomic E-state index is 12.9. The highest BCUT2D eigenvalue weighted by atomic mass is 19.1. The van der Waals surface area contributed by atoms with Crippen LogP contribution in [0.3, 0.4) is 0 Å². The fourth-order valence-corrected chi connectivity index (χ4v) is 2.52. The molecule has 1 atom stereocenters. The number of rotatable bonds is 2. The number of halogens is 1. The first-order valence-corrected chi connectivity index (χ1v) is 6.08. The van der Waals surface area contributed by atoms with Gasteiger partial charge in [0, 0.05) is 0 Å². The van der Waals surface area contributed by atoms with Gasteiger partial charge in [-0.15, -0.1) is 0 Å². The van der Waals surface area contributed by atoms with E-state index in [1.165, 1.54) is 28.8 Å². The molecule has 0 spiro atoms. The van der Waals surface area contributed by atoms with Crippen molar-refractivity contribution in [1.82, 2.24) is 0 Å². The van der Waals surface area contributed by atoms with Crippen molar-refractivity contribution in [3.8, 4) is 0 Å². The van der Waals surface area contributed by atoms with E-state index in [0.717, 1.165) is 11.1 Å². The number of benzene rings is 2. The quantitative estimate of drug-likeness (QED) is 0.853. The maximum Gasteiger partial charge on any atom is 0.123 e. The Kier molecular flexibility index (Phi) is 3.48. The molecule has 18 heavy (non-hydrogen) atoms. The SMILES string of the molecule is Cc1cc(C)c(C(N)c2ccc(F)cc2)c(C)c1. The molecule has 0 bridgehead atoms. The minimum absolute atomic E-state index is 0.203. The third-order valence-corrected chi connectivity index (χ3v) is 3.28. The Bertz CT molecular complexity index is 535. The molecule has 2 aromatic carbocycles. The van der Waals surface area contributed by atoms with Crippen molar-refractivity contribution < 1.29 is 4.39 Å². The molecule has 0 aliphatic rings. The van der Waals surface area contributed by atoms with Gasteiger partial charge in [-0.2, -0.15) is 0 Å². The summed E-state index contributed by atoms with van der Waals surface area (Å²) in [6, 6.07) is 10.5. The second-order valence-electron chi connectivity index (χ2n) is 4.84. The summed E-state index contributed by atoms with van der Waals surface area (Å²) >= 11 is 0. The summed E-state index contributed by atoms with van der Waals surface area (Å²) in [5.41, 5.74) is 12.0. The molecule has 0 amide bonds. The van der Waals surface area contributed by atoms with Gasteiger partial charge in [0.05, 0.1) is 6.04 Å². The highest BCUT2D eigenvalue weighted by Gasteiger charge is 2.14. The zero-order valence-corrected chi connectivity index (χ0v) is 11.0. The molecule has 1 nitrogen and oxygen atoms in total. The Hall–Kier alpha value is -1.67. The highest BCUT2D eigenvalue weighted by Crippen LogP contribution is 2.27. The molecular formula is C16H18FN. The standard InChI is InChI=1S/C16H18FN/c1-10-8-11(2)15(12(3)9-10)16(18)13-4-6-14(17)7-5-13/h4-9,16H,18H2,1-3H3. The van der Waals surface area contributed by atoms with Gasteiger partial charge in [-0.3, -0.25) is 0 Å². The van der Waals surface area contributed by atoms with Gasteiger partial charge in [-0.05, 0) is 55.2 Å². The van der Waals surface area contributed by atoms with Gasteiger partial charge in [-0.25, -0.2) is 4.39 Å². The normalized spacial score (nSPS) is 12.5. The van der Waals surface area contributed by atoms with Crippen LogP contribution < -0.4 is 5.73 Å². The van der Waals surface area contributed by atoms with Crippen LogP contribution in [0, 0.1) is 26.6 Å². The molecule has 94 valence electrons. The van der Waals surface area contributed by atoms with Crippen molar-refractivity contribution in [3.05, 3.63) is 70.0 Å². The lowest BCUT2D eigenvalue weighted by molar-refractivity contribution is 0.626. The van der Waals surface area contributed by atoms with E-state index in [1.54, 1.807) is 12.1 Å². The van der Waals surface area contributed by atoms with E-state index in [0.29, 0.717) is 0 Å². The number of aryl methyl sites for hydroxylation is 3. The van der Waals surface area contributed by atoms with Crippen molar-refractivity contribution in [3.63, 3.8) is 0 Å². The molecular weight excluding hydrogens is 225 g/mol. The van der Waals surface area contributed by atoms with Crippen LogP contribution in [0.1, 0.15) is 33.9 Å². The third-order valence-electron chi connectivity index (χ3n) is 3.28. The first-order chi connectivity index (χ1) is 8.49. The molecule has 1 unspecified atom stereocenters. The third kappa shape index (κ3) is 2.44. The van der Waals surface area contributed by atoms with E-state index in [2.05, 4.69) is 32.9 Å². The van der Waals surface area contributed by atoms with Crippen molar-refractivity contribution in [2.24, 2.45) is 5.73 Å². The average molecular weight is 243 g/mol. The van der Waals surface area contributed by atoms with Gasteiger partial charge < -0.3 is 5.73 Å². The highest BCUT2D eigenvalue weighted by molar-refractivity contribution is 5.43. The lowest BCUT2D eigenvalue weighted by Crippen LogP contribution is -2.15. The summed E-state index contributed by atoms with van der Waals surface area (Å²) in [7, 11) is 0. The van der Waals surface area contributed by atoms with Gasteiger partial charge in [-0.1, -0.05) is 29.8 Å². The number of hydrogen-bond acceptors (Lipinski definition) is 1. The van der Waals surface area contributed by atoms with E-state index in [4.69, 9.17) is 5.73 Å². The van der Waals surface area contributed by atoms with Gasteiger partial charge in [0.1, 0.15) is 5.82 Å². The minimum Gasteiger partial charge on any atom is -0.320 e. The largest absolute Gasteiger partial charge is 0.320 e. The smallest absolute Gasteiger partial charge is 0.123 e. The Balaban J connectivity index is 2.46. The van der Waals surface area contributed by atoms with Crippen LogP contribution in [0.5, 0.6) is 0 Å². The fourth-order valence-electron chi connectivity index (χ4n) is 2.52. The summed E-state index contributed by atoms with van der Waals surface area (Å²) in [5, 5.41) is 0. The molecule has 2 rings (SSSR count). The van der Waals surface area contributed by atoms with Gasteiger partial charge in [0.15, 0.2) is 0 Å². The minimum atomic E-state index is -0.233. The van der Waals surface area contributed by atoms with Crippen LogP contribution in [-0.4, -0.2) is 0 Å². The fraction of sp³-hybridized carbons (Fsp3) is 0.250. The Morgan fingerprint density at radius 2 is 1.44 bits per heavy atom. The molecule has 0 heterocycles. The van der Waals surface area contributed by atoms with Crippen molar-refractivity contribution in [2.45, 2.75) is 26.8 Å². The summed E-state index contributed by atoms with van der Waals surface area (Å²) in [6.45, 7) is 6.21. The molecule has 2 heteroatoms. The van der Waals surface area contributed by atoms with E-state index >= 15 is 0 Å². The Morgan fingerprint density at radius 3 is 1.94 bits per heavy atom. The van der Waals surface area contributed by atoms with Crippen LogP contribution in [0.2, 0.25) is 0 Å². The molecule has 0 saturated carbocycles. The van der Waals surface area contributed by atoms with Crippen LogP contribution in [-0.2, 0) is 0 Å². The van der Waals surface area contributed by atoms with E-state index in [-0.39, 0.29) is 11.9 Å². The van der Waals surface area contributed by atoms with E-state index in [9.17, 15) is 4.39 Å². The van der Waals surface area contributed by atoms with E-state index in [1.807, 2.05) is 0 Å². The van der Waals surface area contributed by atoms with E-state index < -0.39 is 0 Å². The summed E-state index contributed by atoms with van der Waals surface area (Å²) < 4.78 is 12.9. The molecule has 0 aliphatic heterocycles. The summed E-state index contributed by atoms with van der Waals surface area (Å²) in [6.07, 6.45) is 0. The second kappa shape index (κ2) is 4.91. The average Bonchev–Trinajstić information content (AvgIpc) is 2.28. The zero-order valence-electron chi connectivity index (χ0n) is 11.0. The second-order valence-corrected chi connectivity index (χ2v) is 4.84. The Labute approximate surface area is 107 Å². The molecule has 0 aliphatic carbocycles. The van der Waals surface area contributed by atoms with Gasteiger partial charge >= 0.3 is 0 Å². The van der Waals surface area contributed by atoms with Crippen LogP contribution in [0.25, 0.3) is 0 Å². The topological polar surface area (TPSA) is 26.0 Å². The van der Waals surface area contributed by atoms with Crippen LogP contribution in [0.4, 0.5) is 4.39 Å². The maximum atomic E-state index is 12.9. The van der Waals surface area contributed by atoms with Crippen LogP contribution in [0.15, 0.2) is 36.4 Å². The molecule has 0 radical (unpaired) electrons. The van der Waals surface area contributed by atoms with Crippen molar-refractivity contribution in [1.29, 1.82) is 0 Å². The predicted molar refractivity (Wildman–Crippen MR) is 73.1 cm³/mol. The lowest BCUT2D eigenvalue weighted by Gasteiger charge is -2.19. The molecule has 0 saturated heterocycles. The summed E-state index contributed by atoms with van der Waals surface area (Å²) in [5.74, 6) is -0.233. The number of hydrogen-bond donors (Lipinski definition) is 1. The molecule has 0 aromatic heterocycles. The molecule has 2 N–H and O–H groups in total. The lowest BCUT2D eigenvalue weighted by atomic mass is 9.90. The first kappa shape index (κ1) is 12.8. The molecule has 0 fully saturated rings. The van der Waals surface area contributed by atoms with Gasteiger partial charge in [0.2, 0.25) is 0 Å². The van der Waals surface area contributed by atoms with Crippen LogP contribution >= 0.6 is 0 Å². The number of nitrogens with two attached hydrogens (primary N) is 1. The summed E-state index contributed by atoms with van der Waals surface area (Å²) in [4.78, 5) is 0. The monoisotopic (exact) mass is 243 g/mol. The molecule has 2 aromatic rings. The predicted octanol–water partition coefficient (Wildman–Crippen LogP) is 3.80. The Morgan fingerprint density at radius 1 is 0.944 bits per heavy atom.